The van der Waals surface area contributed by atoms with E-state index in [1.165, 1.54) is 19.3 Å². The molecule has 0 atom stereocenters. The van der Waals surface area contributed by atoms with Gasteiger partial charge in [-0.2, -0.15) is 0 Å². The van der Waals surface area contributed by atoms with Gasteiger partial charge in [0.25, 0.3) is 0 Å². The summed E-state index contributed by atoms with van der Waals surface area (Å²) in [5, 5.41) is 0. The van der Waals surface area contributed by atoms with Gasteiger partial charge in [0, 0.05) is 16.5 Å². The zero-order valence-electron chi connectivity index (χ0n) is 10.7. The molecule has 98 valence electrons. The average molecular weight is 313 g/mol. The van der Waals surface area contributed by atoms with Gasteiger partial charge in [-0.15, -0.1) is 0 Å². The predicted octanol–water partition coefficient (Wildman–Crippen LogP) is 3.84. The van der Waals surface area contributed by atoms with Crippen LogP contribution in [0.25, 0.3) is 0 Å². The quantitative estimate of drug-likeness (QED) is 0.775. The first-order valence-electron chi connectivity index (χ1n) is 6.10. The van der Waals surface area contributed by atoms with Crippen LogP contribution in [-0.2, 0) is 0 Å². The molecule has 1 aromatic rings. The number of hydrogen-bond acceptors (Lipinski definition) is 3. The summed E-state index contributed by atoms with van der Waals surface area (Å²) in [5.74, 6) is 1.97. The number of carbonyl (C=O) groups is 1. The Kier molecular flexibility index (Phi) is 4.27. The van der Waals surface area contributed by atoms with Crippen molar-refractivity contribution in [3.63, 3.8) is 0 Å². The van der Waals surface area contributed by atoms with Gasteiger partial charge in [0.05, 0.1) is 14.2 Å². The number of halogens is 1. The van der Waals surface area contributed by atoms with E-state index in [4.69, 9.17) is 9.47 Å². The van der Waals surface area contributed by atoms with E-state index in [9.17, 15) is 4.79 Å². The largest absolute Gasteiger partial charge is 0.493 e. The normalized spacial score (nSPS) is 15.1. The molecule has 0 heterocycles. The Balaban J connectivity index is 2.23. The summed E-state index contributed by atoms with van der Waals surface area (Å²) in [5.41, 5.74) is 0.680. The third-order valence-corrected chi connectivity index (χ3v) is 4.13. The minimum absolute atomic E-state index is 0.174. The molecule has 1 aliphatic carbocycles. The maximum Gasteiger partial charge on any atom is 0.164 e. The van der Waals surface area contributed by atoms with E-state index in [0.29, 0.717) is 29.4 Å². The predicted molar refractivity (Wildman–Crippen MR) is 73.5 cm³/mol. The number of benzene rings is 1. The van der Waals surface area contributed by atoms with Crippen LogP contribution in [0.2, 0.25) is 0 Å². The molecule has 1 aliphatic rings. The topological polar surface area (TPSA) is 35.5 Å². The van der Waals surface area contributed by atoms with Crippen LogP contribution >= 0.6 is 15.9 Å². The van der Waals surface area contributed by atoms with Crippen LogP contribution in [0.4, 0.5) is 0 Å². The molecule has 4 heteroatoms. The first-order chi connectivity index (χ1) is 8.65. The Hall–Kier alpha value is -1.03. The van der Waals surface area contributed by atoms with Crippen molar-refractivity contribution in [3.8, 4) is 11.5 Å². The maximum absolute atomic E-state index is 12.2. The van der Waals surface area contributed by atoms with Gasteiger partial charge in [-0.1, -0.05) is 19.3 Å². The number of ether oxygens (including phenoxy) is 2. The molecule has 1 fully saturated rings. The number of Topliss-reactive ketones (excluding diaryl/α,β-unsaturated/α-hetero) is 1. The summed E-state index contributed by atoms with van der Waals surface area (Å²) >= 11 is 3.43. The van der Waals surface area contributed by atoms with Crippen molar-refractivity contribution in [2.24, 2.45) is 5.92 Å². The summed E-state index contributed by atoms with van der Waals surface area (Å²) in [4.78, 5) is 12.2. The van der Waals surface area contributed by atoms with Gasteiger partial charge < -0.3 is 9.47 Å². The van der Waals surface area contributed by atoms with E-state index in [1.807, 2.05) is 0 Å². The van der Waals surface area contributed by atoms with E-state index in [1.54, 1.807) is 26.4 Å². The molecule has 3 nitrogen and oxygen atoms in total. The molecule has 0 radical (unpaired) electrons. The van der Waals surface area contributed by atoms with Crippen molar-refractivity contribution < 1.29 is 14.3 Å². The van der Waals surface area contributed by atoms with E-state index in [0.717, 1.165) is 4.47 Å². The van der Waals surface area contributed by atoms with E-state index < -0.39 is 0 Å². The summed E-state index contributed by atoms with van der Waals surface area (Å²) in [6, 6.07) is 3.54. The molecule has 1 aromatic carbocycles. The number of hydrogen-bond donors (Lipinski definition) is 0. The third-order valence-electron chi connectivity index (χ3n) is 3.47. The van der Waals surface area contributed by atoms with Crippen LogP contribution in [-0.4, -0.2) is 20.0 Å². The minimum atomic E-state index is 0.174. The van der Waals surface area contributed by atoms with Crippen molar-refractivity contribution in [1.29, 1.82) is 0 Å². The highest BCUT2D eigenvalue weighted by atomic mass is 79.9. The fraction of sp³-hybridized carbons (Fsp3) is 0.500. The second kappa shape index (κ2) is 5.74. The van der Waals surface area contributed by atoms with Gasteiger partial charge in [0.2, 0.25) is 0 Å². The lowest BCUT2D eigenvalue weighted by Crippen LogP contribution is -2.16. The minimum Gasteiger partial charge on any atom is -0.493 e. The highest BCUT2D eigenvalue weighted by molar-refractivity contribution is 9.10. The van der Waals surface area contributed by atoms with Crippen LogP contribution in [0.5, 0.6) is 11.5 Å². The maximum atomic E-state index is 12.2. The highest BCUT2D eigenvalue weighted by Gasteiger charge is 2.23. The van der Waals surface area contributed by atoms with Gasteiger partial charge in [-0.3, -0.25) is 4.79 Å². The van der Waals surface area contributed by atoms with Crippen molar-refractivity contribution >= 4 is 21.7 Å². The lowest BCUT2D eigenvalue weighted by molar-refractivity contribution is 0.0935. The molecule has 0 unspecified atom stereocenters. The molecule has 0 saturated heterocycles. The van der Waals surface area contributed by atoms with Crippen molar-refractivity contribution in [1.82, 2.24) is 0 Å². The first kappa shape index (κ1) is 13.4. The lowest BCUT2D eigenvalue weighted by Gasteiger charge is -2.24. The van der Waals surface area contributed by atoms with Crippen molar-refractivity contribution in [3.05, 3.63) is 22.2 Å². The molecule has 2 rings (SSSR count). The zero-order chi connectivity index (χ0) is 13.1. The molecule has 1 saturated carbocycles. The Labute approximate surface area is 116 Å². The summed E-state index contributed by atoms with van der Waals surface area (Å²) in [6.07, 6.45) is 4.24. The zero-order valence-corrected chi connectivity index (χ0v) is 12.2. The highest BCUT2D eigenvalue weighted by Crippen LogP contribution is 2.36. The number of rotatable bonds is 5. The number of carbonyl (C=O) groups excluding carboxylic acids is 1. The molecule has 18 heavy (non-hydrogen) atoms. The van der Waals surface area contributed by atoms with Gasteiger partial charge in [-0.05, 0) is 34.0 Å². The number of methoxy groups -OCH3 is 2. The average Bonchev–Trinajstić information content (AvgIpc) is 2.33. The SMILES string of the molecule is COc1cc(Br)c(C(=O)CC2CCC2)cc1OC. The molecule has 0 aromatic heterocycles. The van der Waals surface area contributed by atoms with Crippen LogP contribution < -0.4 is 9.47 Å². The smallest absolute Gasteiger partial charge is 0.164 e. The molecular weight excluding hydrogens is 296 g/mol. The van der Waals surface area contributed by atoms with E-state index in [2.05, 4.69) is 15.9 Å². The Morgan fingerprint density at radius 2 is 1.89 bits per heavy atom. The summed E-state index contributed by atoms with van der Waals surface area (Å²) < 4.78 is 11.2. The van der Waals surface area contributed by atoms with Gasteiger partial charge in [0.15, 0.2) is 17.3 Å². The number of ketones is 1. The second-order valence-electron chi connectivity index (χ2n) is 4.61. The summed E-state index contributed by atoms with van der Waals surface area (Å²) in [7, 11) is 3.16. The van der Waals surface area contributed by atoms with Crippen molar-refractivity contribution in [2.45, 2.75) is 25.7 Å². The standard InChI is InChI=1S/C14H17BrO3/c1-17-13-7-10(11(15)8-14(13)18-2)12(16)6-9-4-3-5-9/h7-9H,3-6H2,1-2H3. The molecule has 0 aliphatic heterocycles. The monoisotopic (exact) mass is 312 g/mol. The summed E-state index contributed by atoms with van der Waals surface area (Å²) in [6.45, 7) is 0. The van der Waals surface area contributed by atoms with E-state index in [-0.39, 0.29) is 5.78 Å². The Morgan fingerprint density at radius 3 is 2.39 bits per heavy atom. The molecule has 0 amide bonds. The van der Waals surface area contributed by atoms with Gasteiger partial charge in [0.1, 0.15) is 0 Å². The first-order valence-corrected chi connectivity index (χ1v) is 6.89. The lowest BCUT2D eigenvalue weighted by atomic mass is 9.81. The molecule has 0 N–H and O–H groups in total. The van der Waals surface area contributed by atoms with E-state index >= 15 is 0 Å². The Morgan fingerprint density at radius 1 is 1.28 bits per heavy atom. The van der Waals surface area contributed by atoms with Crippen molar-refractivity contribution in [2.75, 3.05) is 14.2 Å². The molecule has 0 bridgehead atoms. The van der Waals surface area contributed by atoms with Crippen LogP contribution in [0.15, 0.2) is 16.6 Å². The van der Waals surface area contributed by atoms with Gasteiger partial charge >= 0.3 is 0 Å². The molecular formula is C14H17BrO3. The Bertz CT molecular complexity index is 453. The third kappa shape index (κ3) is 2.69. The van der Waals surface area contributed by atoms with Crippen LogP contribution in [0, 0.1) is 5.92 Å². The molecule has 0 spiro atoms. The van der Waals surface area contributed by atoms with Gasteiger partial charge in [-0.25, -0.2) is 0 Å². The van der Waals surface area contributed by atoms with Crippen LogP contribution in [0.3, 0.4) is 0 Å². The van der Waals surface area contributed by atoms with Crippen LogP contribution in [0.1, 0.15) is 36.0 Å². The fourth-order valence-corrected chi connectivity index (χ4v) is 2.68. The second-order valence-corrected chi connectivity index (χ2v) is 5.47. The fourth-order valence-electron chi connectivity index (χ4n) is 2.14.